The van der Waals surface area contributed by atoms with E-state index < -0.39 is 0 Å². The zero-order valence-corrected chi connectivity index (χ0v) is 6.99. The Morgan fingerprint density at radius 1 is 1.11 bits per heavy atom. The van der Waals surface area contributed by atoms with Crippen LogP contribution in [0.4, 0.5) is 0 Å². The minimum absolute atomic E-state index is 0. The van der Waals surface area contributed by atoms with Crippen LogP contribution in [0.1, 0.15) is 19.3 Å². The highest BCUT2D eigenvalue weighted by molar-refractivity contribution is 4.88. The van der Waals surface area contributed by atoms with E-state index in [1.807, 2.05) is 19.4 Å². The van der Waals surface area contributed by atoms with Gasteiger partial charge in [0.25, 0.3) is 0 Å². The average molecular weight is 150 g/mol. The third kappa shape index (κ3) is 11.5. The molecule has 0 aromatic rings. The number of rotatable bonds is 0. The van der Waals surface area contributed by atoms with Crippen molar-refractivity contribution < 1.29 is 17.7 Å². The van der Waals surface area contributed by atoms with E-state index in [0.29, 0.717) is 0 Å². The zero-order valence-electron chi connectivity index (χ0n) is 6.23. The van der Waals surface area contributed by atoms with E-state index in [-0.39, 0.29) is 12.4 Å². The molecule has 0 saturated heterocycles. The summed E-state index contributed by atoms with van der Waals surface area (Å²) in [4.78, 5) is 0. The normalized spacial score (nSPS) is 13.6. The molecule has 0 atom stereocenters. The Morgan fingerprint density at radius 3 is 1.56 bits per heavy atom. The first kappa shape index (κ1) is 11.7. The molecule has 0 aromatic heterocycles. The van der Waals surface area contributed by atoms with Crippen LogP contribution >= 0.6 is 0 Å². The van der Waals surface area contributed by atoms with E-state index in [0.717, 1.165) is 0 Å². The van der Waals surface area contributed by atoms with Crippen LogP contribution in [0, 0.1) is 0 Å². The van der Waals surface area contributed by atoms with Gasteiger partial charge in [0.1, 0.15) is 0 Å². The molecule has 1 rings (SSSR count). The monoisotopic (exact) mass is 149 g/mol. The fourth-order valence-corrected chi connectivity index (χ4v) is 0.589. The first-order valence-electron chi connectivity index (χ1n) is 3.30. The second-order valence-corrected chi connectivity index (χ2v) is 1.98. The lowest BCUT2D eigenvalue weighted by Crippen LogP contribution is -3.00. The van der Waals surface area contributed by atoms with Gasteiger partial charge in [0.05, 0.1) is 14.1 Å². The summed E-state index contributed by atoms with van der Waals surface area (Å²) >= 11 is 0. The Hall–Kier alpha value is -0.0100. The lowest BCUT2D eigenvalue weighted by molar-refractivity contribution is -0.597. The lowest BCUT2D eigenvalue weighted by atomic mass is 10.4. The molecule has 0 fully saturated rings. The SMILES string of the molecule is C1=CCCC1.C[NH2+]C.[Cl-]. The summed E-state index contributed by atoms with van der Waals surface area (Å²) in [6.07, 6.45) is 8.50. The summed E-state index contributed by atoms with van der Waals surface area (Å²) in [5.41, 5.74) is 0. The number of allylic oxidation sites excluding steroid dienone is 2. The van der Waals surface area contributed by atoms with E-state index >= 15 is 0 Å². The van der Waals surface area contributed by atoms with Gasteiger partial charge < -0.3 is 17.7 Å². The molecule has 1 aliphatic rings. The number of halogens is 1. The van der Waals surface area contributed by atoms with Crippen molar-refractivity contribution in [3.63, 3.8) is 0 Å². The number of nitrogens with two attached hydrogens (primary N) is 1. The predicted octanol–water partition coefficient (Wildman–Crippen LogP) is -2.46. The first-order valence-corrected chi connectivity index (χ1v) is 3.30. The third-order valence-electron chi connectivity index (χ3n) is 0.908. The molecule has 0 aliphatic heterocycles. The number of hydrogen-bond donors (Lipinski definition) is 1. The summed E-state index contributed by atoms with van der Waals surface area (Å²) < 4.78 is 0. The van der Waals surface area contributed by atoms with E-state index in [4.69, 9.17) is 0 Å². The lowest BCUT2D eigenvalue weighted by Gasteiger charge is -1.69. The Balaban J connectivity index is 0. The highest BCUT2D eigenvalue weighted by atomic mass is 35.5. The maximum atomic E-state index is 2.24. The molecular formula is C7H16ClN. The van der Waals surface area contributed by atoms with E-state index in [1.165, 1.54) is 19.3 Å². The van der Waals surface area contributed by atoms with Crippen LogP contribution in [0.25, 0.3) is 0 Å². The van der Waals surface area contributed by atoms with Gasteiger partial charge in [-0.05, 0) is 19.3 Å². The van der Waals surface area contributed by atoms with Gasteiger partial charge in [0, 0.05) is 0 Å². The van der Waals surface area contributed by atoms with Crippen LogP contribution in [-0.4, -0.2) is 14.1 Å². The van der Waals surface area contributed by atoms with Crippen molar-refractivity contribution in [2.75, 3.05) is 14.1 Å². The first-order chi connectivity index (χ1) is 3.91. The molecule has 2 heteroatoms. The fraction of sp³-hybridized carbons (Fsp3) is 0.714. The van der Waals surface area contributed by atoms with Crippen LogP contribution in [0.3, 0.4) is 0 Å². The number of hydrogen-bond acceptors (Lipinski definition) is 0. The van der Waals surface area contributed by atoms with Crippen LogP contribution in [0.15, 0.2) is 12.2 Å². The molecule has 0 saturated carbocycles. The summed E-state index contributed by atoms with van der Waals surface area (Å²) in [5, 5.41) is 2.00. The number of quaternary nitrogens is 1. The molecule has 0 heterocycles. The van der Waals surface area contributed by atoms with Crippen LogP contribution < -0.4 is 17.7 Å². The van der Waals surface area contributed by atoms with E-state index in [1.54, 1.807) is 0 Å². The topological polar surface area (TPSA) is 16.6 Å². The van der Waals surface area contributed by atoms with Gasteiger partial charge in [-0.3, -0.25) is 0 Å². The van der Waals surface area contributed by atoms with Gasteiger partial charge in [-0.2, -0.15) is 0 Å². The van der Waals surface area contributed by atoms with Gasteiger partial charge in [0.15, 0.2) is 0 Å². The molecular weight excluding hydrogens is 134 g/mol. The van der Waals surface area contributed by atoms with Crippen molar-refractivity contribution in [1.29, 1.82) is 0 Å². The molecule has 1 nitrogen and oxygen atoms in total. The third-order valence-corrected chi connectivity index (χ3v) is 0.908. The minimum Gasteiger partial charge on any atom is -1.00 e. The Kier molecular flexibility index (Phi) is 14.2. The van der Waals surface area contributed by atoms with Crippen molar-refractivity contribution in [2.24, 2.45) is 0 Å². The van der Waals surface area contributed by atoms with Crippen molar-refractivity contribution >= 4 is 0 Å². The van der Waals surface area contributed by atoms with Gasteiger partial charge >= 0.3 is 0 Å². The molecule has 0 bridgehead atoms. The van der Waals surface area contributed by atoms with Crippen molar-refractivity contribution in [1.82, 2.24) is 0 Å². The predicted molar refractivity (Wildman–Crippen MR) is 36.8 cm³/mol. The summed E-state index contributed by atoms with van der Waals surface area (Å²) in [7, 11) is 4.00. The largest absolute Gasteiger partial charge is 1.00 e. The Labute approximate surface area is 63.9 Å². The molecule has 1 aliphatic carbocycles. The van der Waals surface area contributed by atoms with E-state index in [2.05, 4.69) is 12.2 Å². The highest BCUT2D eigenvalue weighted by Crippen LogP contribution is 2.05. The molecule has 9 heavy (non-hydrogen) atoms. The average Bonchev–Trinajstić information content (AvgIpc) is 2.17. The van der Waals surface area contributed by atoms with Crippen LogP contribution in [-0.2, 0) is 0 Å². The standard InChI is InChI=1S/C5H8.C2H7N.ClH/c1-2-4-5-3-1;1-3-2;/h1-2H,3-5H2;3H,1-2H3;1H. The molecule has 0 radical (unpaired) electrons. The molecule has 2 N–H and O–H groups in total. The maximum Gasteiger partial charge on any atom is 0.0647 e. The van der Waals surface area contributed by atoms with Gasteiger partial charge in [-0.1, -0.05) is 12.2 Å². The second-order valence-electron chi connectivity index (χ2n) is 1.98. The van der Waals surface area contributed by atoms with Gasteiger partial charge in [-0.15, -0.1) is 0 Å². The molecule has 0 spiro atoms. The molecule has 0 aromatic carbocycles. The molecule has 0 unspecified atom stereocenters. The second kappa shape index (κ2) is 10.9. The van der Waals surface area contributed by atoms with Crippen molar-refractivity contribution in [3.8, 4) is 0 Å². The molecule has 56 valence electrons. The Morgan fingerprint density at radius 2 is 1.44 bits per heavy atom. The van der Waals surface area contributed by atoms with Crippen molar-refractivity contribution in [3.05, 3.63) is 12.2 Å². The van der Waals surface area contributed by atoms with Crippen LogP contribution in [0.5, 0.6) is 0 Å². The summed E-state index contributed by atoms with van der Waals surface area (Å²) in [5.74, 6) is 0. The smallest absolute Gasteiger partial charge is 0.0647 e. The maximum absolute atomic E-state index is 2.24. The summed E-state index contributed by atoms with van der Waals surface area (Å²) in [6.45, 7) is 0. The minimum atomic E-state index is 0. The van der Waals surface area contributed by atoms with Crippen molar-refractivity contribution in [2.45, 2.75) is 19.3 Å². The summed E-state index contributed by atoms with van der Waals surface area (Å²) in [6, 6.07) is 0. The van der Waals surface area contributed by atoms with E-state index in [9.17, 15) is 0 Å². The Bertz CT molecular complexity index is 55.9. The molecule has 0 amide bonds. The van der Waals surface area contributed by atoms with Gasteiger partial charge in [0.2, 0.25) is 0 Å². The van der Waals surface area contributed by atoms with Crippen LogP contribution in [0.2, 0.25) is 0 Å². The quantitative estimate of drug-likeness (QED) is 0.368. The van der Waals surface area contributed by atoms with Gasteiger partial charge in [-0.25, -0.2) is 0 Å². The fourth-order valence-electron chi connectivity index (χ4n) is 0.589. The highest BCUT2D eigenvalue weighted by Gasteiger charge is 1.84. The zero-order chi connectivity index (χ0) is 6.24.